The largest absolute Gasteiger partial charge is 0.480 e. The number of amides is 2. The molecule has 0 bridgehead atoms. The molecule has 5 aromatic rings. The second kappa shape index (κ2) is 9.93. The molecule has 0 radical (unpaired) electrons. The van der Waals surface area contributed by atoms with Crippen molar-refractivity contribution >= 4 is 28.4 Å². The Morgan fingerprint density at radius 1 is 1.08 bits per heavy atom. The quantitative estimate of drug-likeness (QED) is 0.316. The summed E-state index contributed by atoms with van der Waals surface area (Å²) in [6.07, 6.45) is 1.58. The Morgan fingerprint density at radius 2 is 1.90 bits per heavy atom. The van der Waals surface area contributed by atoms with E-state index in [1.165, 1.54) is 0 Å². The number of carbonyl (C=O) groups is 2. The van der Waals surface area contributed by atoms with E-state index < -0.39 is 6.10 Å². The Bertz CT molecular complexity index is 1680. The first-order chi connectivity index (χ1) is 18.9. The summed E-state index contributed by atoms with van der Waals surface area (Å²) in [6, 6.07) is 17.5. The van der Waals surface area contributed by atoms with Gasteiger partial charge in [-0.05, 0) is 48.5 Å². The number of nitrogens with one attached hydrogen (secondary N) is 2. The van der Waals surface area contributed by atoms with E-state index in [1.807, 2.05) is 12.1 Å². The number of ether oxygens (including phenoxy) is 2. The van der Waals surface area contributed by atoms with Crippen LogP contribution in [-0.4, -0.2) is 56.8 Å². The van der Waals surface area contributed by atoms with Gasteiger partial charge in [0, 0.05) is 49.5 Å². The highest BCUT2D eigenvalue weighted by molar-refractivity contribution is 6.09. The lowest BCUT2D eigenvalue weighted by Gasteiger charge is -2.16. The highest BCUT2D eigenvalue weighted by Crippen LogP contribution is 2.31. The number of aromatic nitrogens is 4. The lowest BCUT2D eigenvalue weighted by Crippen LogP contribution is -2.29. The van der Waals surface area contributed by atoms with Gasteiger partial charge in [-0.15, -0.1) is 10.2 Å². The molecule has 1 unspecified atom stereocenters. The van der Waals surface area contributed by atoms with Gasteiger partial charge in [0.15, 0.2) is 6.10 Å². The van der Waals surface area contributed by atoms with Crippen LogP contribution in [0.3, 0.4) is 0 Å². The molecule has 1 saturated heterocycles. The minimum absolute atomic E-state index is 0.106. The molecular weight excluding hydrogens is 500 g/mol. The van der Waals surface area contributed by atoms with Crippen molar-refractivity contribution in [3.8, 4) is 28.7 Å². The van der Waals surface area contributed by atoms with Crippen LogP contribution < -0.4 is 14.8 Å². The first-order valence-electron chi connectivity index (χ1n) is 12.3. The van der Waals surface area contributed by atoms with E-state index in [0.717, 1.165) is 16.5 Å². The second-order valence-electron chi connectivity index (χ2n) is 9.19. The average Bonchev–Trinajstić information content (AvgIpc) is 3.67. The lowest BCUT2D eigenvalue weighted by molar-refractivity contribution is -0.132. The molecule has 1 fully saturated rings. The van der Waals surface area contributed by atoms with Crippen molar-refractivity contribution in [2.75, 3.05) is 18.9 Å². The number of nitrogens with zero attached hydrogens (tertiary/aromatic N) is 4. The summed E-state index contributed by atoms with van der Waals surface area (Å²) < 4.78 is 17.6. The van der Waals surface area contributed by atoms with Crippen molar-refractivity contribution in [2.45, 2.75) is 19.4 Å². The van der Waals surface area contributed by atoms with Crippen molar-refractivity contribution in [3.63, 3.8) is 0 Å². The summed E-state index contributed by atoms with van der Waals surface area (Å²) >= 11 is 0. The van der Waals surface area contributed by atoms with Crippen LogP contribution in [0.4, 0.5) is 5.69 Å². The van der Waals surface area contributed by atoms with E-state index in [2.05, 4.69) is 25.7 Å². The molecule has 1 atom stereocenters. The summed E-state index contributed by atoms with van der Waals surface area (Å²) in [5.41, 5.74) is 2.47. The predicted octanol–water partition coefficient (Wildman–Crippen LogP) is 4.58. The molecule has 0 spiro atoms. The van der Waals surface area contributed by atoms with E-state index >= 15 is 0 Å². The molecule has 3 aromatic carbocycles. The number of benzene rings is 3. The number of rotatable bonds is 7. The zero-order chi connectivity index (χ0) is 26.9. The zero-order valence-corrected chi connectivity index (χ0v) is 21.2. The number of likely N-dealkylation sites (N-methyl/N-ethyl adjacent to an activating group) is 1. The maximum Gasteiger partial charge on any atom is 0.263 e. The molecule has 0 saturated carbocycles. The third-order valence-corrected chi connectivity index (χ3v) is 6.39. The molecular formula is C28H24N6O5. The fraction of sp³-hybridized carbons (Fsp3) is 0.179. The highest BCUT2D eigenvalue weighted by atomic mass is 16.5. The number of likely N-dealkylation sites (tertiary alicyclic amines) is 1. The summed E-state index contributed by atoms with van der Waals surface area (Å²) in [4.78, 5) is 27.4. The Kier molecular flexibility index (Phi) is 6.16. The maximum atomic E-state index is 13.3. The van der Waals surface area contributed by atoms with Crippen molar-refractivity contribution in [2.24, 2.45) is 0 Å². The van der Waals surface area contributed by atoms with Crippen LogP contribution in [0.25, 0.3) is 22.4 Å². The molecule has 39 heavy (non-hydrogen) atoms. The van der Waals surface area contributed by atoms with E-state index in [0.29, 0.717) is 53.2 Å². The summed E-state index contributed by atoms with van der Waals surface area (Å²) in [6.45, 7) is 2.33. The van der Waals surface area contributed by atoms with Crippen LogP contribution >= 0.6 is 0 Å². The van der Waals surface area contributed by atoms with Crippen LogP contribution in [0.15, 0.2) is 71.3 Å². The van der Waals surface area contributed by atoms with Crippen molar-refractivity contribution in [1.29, 1.82) is 0 Å². The topological polar surface area (TPSA) is 135 Å². The fourth-order valence-electron chi connectivity index (χ4n) is 4.38. The van der Waals surface area contributed by atoms with Gasteiger partial charge < -0.3 is 24.1 Å². The van der Waals surface area contributed by atoms with Crippen LogP contribution in [0.5, 0.6) is 17.2 Å². The first-order valence-corrected chi connectivity index (χ1v) is 12.3. The number of hydrogen-bond donors (Lipinski definition) is 2. The van der Waals surface area contributed by atoms with Gasteiger partial charge in [0.2, 0.25) is 11.8 Å². The smallest absolute Gasteiger partial charge is 0.263 e. The predicted molar refractivity (Wildman–Crippen MR) is 142 cm³/mol. The Morgan fingerprint density at radius 3 is 2.64 bits per heavy atom. The van der Waals surface area contributed by atoms with Crippen LogP contribution in [0, 0.1) is 6.92 Å². The molecule has 2 N–H and O–H groups in total. The molecule has 6 rings (SSSR count). The third kappa shape index (κ3) is 5.01. The molecule has 0 aliphatic carbocycles. The number of fused-ring (bicyclic) bond motifs is 1. The summed E-state index contributed by atoms with van der Waals surface area (Å²) in [7, 11) is 1.74. The van der Waals surface area contributed by atoms with Gasteiger partial charge in [-0.25, -0.2) is 0 Å². The molecule has 2 aromatic heterocycles. The minimum Gasteiger partial charge on any atom is -0.480 e. The molecule has 1 aliphatic rings. The van der Waals surface area contributed by atoms with Gasteiger partial charge in [-0.1, -0.05) is 6.07 Å². The number of carbonyl (C=O) groups excluding carboxylic acids is 2. The third-order valence-electron chi connectivity index (χ3n) is 6.39. The van der Waals surface area contributed by atoms with Gasteiger partial charge in [-0.2, -0.15) is 5.10 Å². The zero-order valence-electron chi connectivity index (χ0n) is 21.2. The molecule has 11 heteroatoms. The van der Waals surface area contributed by atoms with Crippen LogP contribution in [0.1, 0.15) is 22.7 Å². The molecule has 2 amide bonds. The molecule has 11 nitrogen and oxygen atoms in total. The monoisotopic (exact) mass is 524 g/mol. The number of hydrogen-bond acceptors (Lipinski definition) is 8. The fourth-order valence-corrected chi connectivity index (χ4v) is 4.38. The minimum atomic E-state index is -0.627. The standard InChI is InChI=1S/C28H24N6O5/c1-16-31-33-27(37-16)17-6-8-19(9-7-17)38-20-12-18(13-21(14-20)39-25-10-11-34(2)28(25)36)26(35)30-23-4-3-5-24-22(23)15-29-32-24/h3-9,12-15,25H,10-11H2,1-2H3,(H,29,32)(H,30,35). The summed E-state index contributed by atoms with van der Waals surface area (Å²) in [5.74, 6) is 1.67. The second-order valence-corrected chi connectivity index (χ2v) is 9.19. The lowest BCUT2D eigenvalue weighted by atomic mass is 10.1. The maximum absolute atomic E-state index is 13.3. The van der Waals surface area contributed by atoms with Gasteiger partial charge in [0.25, 0.3) is 11.8 Å². The number of aryl methyl sites for hydroxylation is 1. The molecule has 3 heterocycles. The van der Waals surface area contributed by atoms with E-state index in [9.17, 15) is 9.59 Å². The number of H-pyrrole nitrogens is 1. The summed E-state index contributed by atoms with van der Waals surface area (Å²) in [5, 5.41) is 18.5. The Balaban J connectivity index is 1.28. The number of anilines is 1. The van der Waals surface area contributed by atoms with Gasteiger partial charge >= 0.3 is 0 Å². The van der Waals surface area contributed by atoms with Gasteiger partial charge in [-0.3, -0.25) is 14.7 Å². The van der Waals surface area contributed by atoms with Crippen molar-refractivity contribution in [1.82, 2.24) is 25.3 Å². The van der Waals surface area contributed by atoms with E-state index in [1.54, 1.807) is 73.6 Å². The van der Waals surface area contributed by atoms with Crippen molar-refractivity contribution < 1.29 is 23.5 Å². The SMILES string of the molecule is Cc1nnc(-c2ccc(Oc3cc(OC4CCN(C)C4=O)cc(C(=O)Nc4cccc5[nH]ncc45)c3)cc2)o1. The van der Waals surface area contributed by atoms with Crippen LogP contribution in [0.2, 0.25) is 0 Å². The van der Waals surface area contributed by atoms with Crippen LogP contribution in [-0.2, 0) is 4.79 Å². The van der Waals surface area contributed by atoms with E-state index in [-0.39, 0.29) is 11.8 Å². The van der Waals surface area contributed by atoms with Gasteiger partial charge in [0.1, 0.15) is 17.2 Å². The van der Waals surface area contributed by atoms with Crippen molar-refractivity contribution in [3.05, 3.63) is 78.3 Å². The molecule has 196 valence electrons. The Labute approximate surface area is 222 Å². The molecule has 1 aliphatic heterocycles. The highest BCUT2D eigenvalue weighted by Gasteiger charge is 2.31. The normalized spacial score (nSPS) is 15.1. The average molecular weight is 525 g/mol. The first kappa shape index (κ1) is 24.2. The number of aromatic amines is 1. The van der Waals surface area contributed by atoms with Gasteiger partial charge in [0.05, 0.1) is 17.4 Å². The Hall–Kier alpha value is -5.19. The van der Waals surface area contributed by atoms with E-state index in [4.69, 9.17) is 13.9 Å².